The van der Waals surface area contributed by atoms with E-state index in [0.29, 0.717) is 6.04 Å². The van der Waals surface area contributed by atoms with Crippen molar-refractivity contribution in [3.63, 3.8) is 0 Å². The summed E-state index contributed by atoms with van der Waals surface area (Å²) >= 11 is 0. The van der Waals surface area contributed by atoms with Crippen LogP contribution in [0.4, 0.5) is 0 Å². The third-order valence-corrected chi connectivity index (χ3v) is 3.70. The van der Waals surface area contributed by atoms with Gasteiger partial charge in [0.25, 0.3) is 0 Å². The van der Waals surface area contributed by atoms with Crippen molar-refractivity contribution in [1.29, 1.82) is 0 Å². The van der Waals surface area contributed by atoms with E-state index in [1.165, 1.54) is 30.6 Å². The Kier molecular flexibility index (Phi) is 3.18. The lowest BCUT2D eigenvalue weighted by molar-refractivity contribution is 0.509. The third-order valence-electron chi connectivity index (χ3n) is 3.70. The van der Waals surface area contributed by atoms with Crippen molar-refractivity contribution in [2.45, 2.75) is 45.1 Å². The zero-order valence-electron chi connectivity index (χ0n) is 11.0. The third kappa shape index (κ3) is 1.96. The molecule has 0 radical (unpaired) electrons. The highest BCUT2D eigenvalue weighted by Crippen LogP contribution is 2.28. The van der Waals surface area contributed by atoms with Crippen molar-refractivity contribution < 1.29 is 0 Å². The van der Waals surface area contributed by atoms with Gasteiger partial charge in [-0.2, -0.15) is 0 Å². The number of hydrogen-bond donors (Lipinski definition) is 0. The molecule has 1 aliphatic carbocycles. The van der Waals surface area contributed by atoms with Crippen molar-refractivity contribution >= 4 is 11.0 Å². The van der Waals surface area contributed by atoms with E-state index in [1.54, 1.807) is 0 Å². The van der Waals surface area contributed by atoms with Gasteiger partial charge in [-0.15, -0.1) is 0 Å². The van der Waals surface area contributed by atoms with Gasteiger partial charge in [0.15, 0.2) is 0 Å². The molecule has 1 heterocycles. The maximum absolute atomic E-state index is 4.81. The second-order valence-electron chi connectivity index (χ2n) is 5.06. The molecular formula is C16H20N2. The number of rotatable bonds is 3. The molecular weight excluding hydrogens is 220 g/mol. The summed E-state index contributed by atoms with van der Waals surface area (Å²) < 4.78 is 2.45. The predicted molar refractivity (Wildman–Crippen MR) is 75.8 cm³/mol. The molecule has 1 aliphatic rings. The highest BCUT2D eigenvalue weighted by molar-refractivity contribution is 5.76. The van der Waals surface area contributed by atoms with E-state index in [0.717, 1.165) is 18.4 Å². The minimum Gasteiger partial charge on any atom is -0.321 e. The first-order valence-corrected chi connectivity index (χ1v) is 7.02. The molecule has 2 aromatic rings. The van der Waals surface area contributed by atoms with E-state index >= 15 is 0 Å². The fourth-order valence-corrected chi connectivity index (χ4v) is 2.87. The summed E-state index contributed by atoms with van der Waals surface area (Å²) in [5, 5.41) is 0. The van der Waals surface area contributed by atoms with Gasteiger partial charge in [0.05, 0.1) is 17.1 Å². The standard InChI is InChI=1S/C16H20N2/c1-2-8-16-17-14-11-6-7-12-15(14)18(16)13-9-4-3-5-10-13/h4,6-7,9,11-13H,2-3,5,8,10H2,1H3. The molecule has 1 aromatic carbocycles. The zero-order valence-corrected chi connectivity index (χ0v) is 11.0. The van der Waals surface area contributed by atoms with E-state index < -0.39 is 0 Å². The first-order valence-electron chi connectivity index (χ1n) is 7.02. The smallest absolute Gasteiger partial charge is 0.110 e. The molecule has 1 atom stereocenters. The molecule has 0 N–H and O–H groups in total. The van der Waals surface area contributed by atoms with Crippen LogP contribution in [0.3, 0.4) is 0 Å². The molecule has 1 unspecified atom stereocenters. The van der Waals surface area contributed by atoms with Gasteiger partial charge in [-0.25, -0.2) is 4.98 Å². The Labute approximate surface area is 108 Å². The minimum atomic E-state index is 0.507. The van der Waals surface area contributed by atoms with Crippen molar-refractivity contribution in [1.82, 2.24) is 9.55 Å². The quantitative estimate of drug-likeness (QED) is 0.733. The summed E-state index contributed by atoms with van der Waals surface area (Å²) in [6, 6.07) is 9.02. The average Bonchev–Trinajstić information content (AvgIpc) is 2.78. The maximum Gasteiger partial charge on any atom is 0.110 e. The first-order chi connectivity index (χ1) is 8.90. The molecule has 1 aromatic heterocycles. The lowest BCUT2D eigenvalue weighted by Gasteiger charge is -2.21. The SMILES string of the molecule is CCCc1nc2ccccc2n1C1C=CCCC1. The summed E-state index contributed by atoms with van der Waals surface area (Å²) in [5.74, 6) is 1.25. The van der Waals surface area contributed by atoms with Crippen LogP contribution < -0.4 is 0 Å². The Balaban J connectivity index is 2.14. The highest BCUT2D eigenvalue weighted by Gasteiger charge is 2.17. The van der Waals surface area contributed by atoms with Gasteiger partial charge < -0.3 is 4.57 Å². The summed E-state index contributed by atoms with van der Waals surface area (Å²) in [4.78, 5) is 4.81. The van der Waals surface area contributed by atoms with E-state index in [1.807, 2.05) is 0 Å². The fourth-order valence-electron chi connectivity index (χ4n) is 2.87. The van der Waals surface area contributed by atoms with E-state index in [9.17, 15) is 0 Å². The van der Waals surface area contributed by atoms with Crippen LogP contribution in [0.15, 0.2) is 36.4 Å². The first kappa shape index (κ1) is 11.5. The Morgan fingerprint density at radius 1 is 1.33 bits per heavy atom. The molecule has 0 amide bonds. The molecule has 0 aliphatic heterocycles. The second kappa shape index (κ2) is 4.97. The summed E-state index contributed by atoms with van der Waals surface area (Å²) in [6.45, 7) is 2.22. The summed E-state index contributed by atoms with van der Waals surface area (Å²) in [5.41, 5.74) is 2.43. The number of para-hydroxylation sites is 2. The van der Waals surface area contributed by atoms with Gasteiger partial charge in [0, 0.05) is 6.42 Å². The van der Waals surface area contributed by atoms with Gasteiger partial charge in [0.1, 0.15) is 5.82 Å². The number of fused-ring (bicyclic) bond motifs is 1. The van der Waals surface area contributed by atoms with Crippen LogP contribution >= 0.6 is 0 Å². The Morgan fingerprint density at radius 2 is 2.22 bits per heavy atom. The monoisotopic (exact) mass is 240 g/mol. The van der Waals surface area contributed by atoms with Crippen LogP contribution in [0.1, 0.15) is 44.5 Å². The molecule has 2 heteroatoms. The van der Waals surface area contributed by atoms with Crippen LogP contribution in [0.2, 0.25) is 0 Å². The summed E-state index contributed by atoms with van der Waals surface area (Å²) in [6.07, 6.45) is 10.7. The van der Waals surface area contributed by atoms with Crippen LogP contribution in [-0.2, 0) is 6.42 Å². The predicted octanol–water partition coefficient (Wildman–Crippen LogP) is 4.27. The van der Waals surface area contributed by atoms with Gasteiger partial charge in [-0.05, 0) is 37.8 Å². The molecule has 0 spiro atoms. The van der Waals surface area contributed by atoms with Crippen LogP contribution in [0, 0.1) is 0 Å². The number of allylic oxidation sites excluding steroid dienone is 2. The Bertz CT molecular complexity index is 565. The number of nitrogens with zero attached hydrogens (tertiary/aromatic N) is 2. The van der Waals surface area contributed by atoms with Crippen molar-refractivity contribution in [2.24, 2.45) is 0 Å². The Morgan fingerprint density at radius 3 is 3.00 bits per heavy atom. The topological polar surface area (TPSA) is 17.8 Å². The maximum atomic E-state index is 4.81. The second-order valence-corrected chi connectivity index (χ2v) is 5.06. The molecule has 94 valence electrons. The average molecular weight is 240 g/mol. The van der Waals surface area contributed by atoms with Crippen LogP contribution in [-0.4, -0.2) is 9.55 Å². The molecule has 3 rings (SSSR count). The van der Waals surface area contributed by atoms with Crippen molar-refractivity contribution in [3.05, 3.63) is 42.2 Å². The van der Waals surface area contributed by atoms with Gasteiger partial charge in [-0.1, -0.05) is 31.2 Å². The molecule has 2 nitrogen and oxygen atoms in total. The molecule has 0 bridgehead atoms. The van der Waals surface area contributed by atoms with Crippen molar-refractivity contribution in [3.8, 4) is 0 Å². The molecule has 0 saturated heterocycles. The lowest BCUT2D eigenvalue weighted by Crippen LogP contribution is -2.12. The van der Waals surface area contributed by atoms with E-state index in [4.69, 9.17) is 4.98 Å². The summed E-state index contributed by atoms with van der Waals surface area (Å²) in [7, 11) is 0. The van der Waals surface area contributed by atoms with Crippen LogP contribution in [0.25, 0.3) is 11.0 Å². The molecule has 0 saturated carbocycles. The number of hydrogen-bond acceptors (Lipinski definition) is 1. The molecule has 0 fully saturated rings. The van der Waals surface area contributed by atoms with Gasteiger partial charge in [0.2, 0.25) is 0 Å². The van der Waals surface area contributed by atoms with Gasteiger partial charge in [-0.3, -0.25) is 0 Å². The zero-order chi connectivity index (χ0) is 12.4. The number of aromatic nitrogens is 2. The van der Waals surface area contributed by atoms with Crippen molar-refractivity contribution in [2.75, 3.05) is 0 Å². The van der Waals surface area contributed by atoms with Gasteiger partial charge >= 0.3 is 0 Å². The molecule has 18 heavy (non-hydrogen) atoms. The number of benzene rings is 1. The van der Waals surface area contributed by atoms with E-state index in [2.05, 4.69) is 47.9 Å². The Hall–Kier alpha value is -1.57. The minimum absolute atomic E-state index is 0.507. The van der Waals surface area contributed by atoms with E-state index in [-0.39, 0.29) is 0 Å². The number of imidazole rings is 1. The fraction of sp³-hybridized carbons (Fsp3) is 0.438. The number of aryl methyl sites for hydroxylation is 1. The largest absolute Gasteiger partial charge is 0.321 e. The lowest BCUT2D eigenvalue weighted by atomic mass is 10.0. The normalized spacial score (nSPS) is 19.5. The van der Waals surface area contributed by atoms with Crippen LogP contribution in [0.5, 0.6) is 0 Å². The highest BCUT2D eigenvalue weighted by atomic mass is 15.1.